The number of nitrogens with zero attached hydrogens (tertiary/aromatic N) is 1. The van der Waals surface area contributed by atoms with Crippen LogP contribution in [0.25, 0.3) is 0 Å². The Balaban J connectivity index is 2.42. The predicted molar refractivity (Wildman–Crippen MR) is 64.8 cm³/mol. The minimum absolute atomic E-state index is 0.0127. The molecule has 0 spiro atoms. The Kier molecular flexibility index (Phi) is 5.12. The number of nitrogens with one attached hydrogen (secondary N) is 1. The average molecular weight is 256 g/mol. The van der Waals surface area contributed by atoms with Crippen molar-refractivity contribution in [3.05, 3.63) is 0 Å². The highest BCUT2D eigenvalue weighted by Crippen LogP contribution is 2.13. The lowest BCUT2D eigenvalue weighted by Crippen LogP contribution is -2.48. The SMILES string of the molecule is CCC(=O)NC1CCN(C(=O)C(C)C(=O)O)CC1. The Labute approximate surface area is 106 Å². The first-order valence-electron chi connectivity index (χ1n) is 6.26. The van der Waals surface area contributed by atoms with E-state index in [0.717, 1.165) is 0 Å². The molecule has 0 aromatic heterocycles. The molecule has 1 aliphatic heterocycles. The third-order valence-corrected chi connectivity index (χ3v) is 3.23. The van der Waals surface area contributed by atoms with Crippen LogP contribution in [0.3, 0.4) is 0 Å². The van der Waals surface area contributed by atoms with Crippen LogP contribution in [0.4, 0.5) is 0 Å². The van der Waals surface area contributed by atoms with Crippen LogP contribution in [0, 0.1) is 5.92 Å². The summed E-state index contributed by atoms with van der Waals surface area (Å²) in [6.45, 7) is 4.20. The van der Waals surface area contributed by atoms with Crippen molar-refractivity contribution in [1.29, 1.82) is 0 Å². The van der Waals surface area contributed by atoms with E-state index >= 15 is 0 Å². The molecule has 0 saturated carbocycles. The standard InChI is InChI=1S/C12H20N2O4/c1-3-10(15)13-9-4-6-14(7-5-9)11(16)8(2)12(17)18/h8-9H,3-7H2,1-2H3,(H,13,15)(H,17,18). The molecule has 0 bridgehead atoms. The number of carbonyl (C=O) groups is 3. The van der Waals surface area contributed by atoms with Gasteiger partial charge in [0.15, 0.2) is 0 Å². The van der Waals surface area contributed by atoms with Crippen molar-refractivity contribution in [2.24, 2.45) is 5.92 Å². The van der Waals surface area contributed by atoms with Gasteiger partial charge in [-0.05, 0) is 19.8 Å². The van der Waals surface area contributed by atoms with Gasteiger partial charge in [-0.3, -0.25) is 14.4 Å². The molecule has 1 fully saturated rings. The molecule has 1 rings (SSSR count). The maximum absolute atomic E-state index is 11.8. The second-order valence-electron chi connectivity index (χ2n) is 4.58. The van der Waals surface area contributed by atoms with Crippen LogP contribution in [-0.4, -0.2) is 46.9 Å². The van der Waals surface area contributed by atoms with Gasteiger partial charge in [0.1, 0.15) is 5.92 Å². The molecule has 1 aliphatic rings. The topological polar surface area (TPSA) is 86.7 Å². The number of piperidine rings is 1. The summed E-state index contributed by atoms with van der Waals surface area (Å²) in [5.74, 6) is -2.42. The molecule has 1 unspecified atom stereocenters. The van der Waals surface area contributed by atoms with Gasteiger partial charge in [-0.25, -0.2) is 0 Å². The quantitative estimate of drug-likeness (QED) is 0.705. The first-order chi connectivity index (χ1) is 8.45. The fourth-order valence-electron chi connectivity index (χ4n) is 1.95. The van der Waals surface area contributed by atoms with Crippen molar-refractivity contribution in [2.75, 3.05) is 13.1 Å². The van der Waals surface area contributed by atoms with Gasteiger partial charge < -0.3 is 15.3 Å². The lowest BCUT2D eigenvalue weighted by Gasteiger charge is -2.33. The Bertz CT molecular complexity index is 335. The first kappa shape index (κ1) is 14.5. The van der Waals surface area contributed by atoms with Crippen LogP contribution >= 0.6 is 0 Å². The van der Waals surface area contributed by atoms with Crippen LogP contribution in [-0.2, 0) is 14.4 Å². The van der Waals surface area contributed by atoms with Crippen molar-refractivity contribution in [3.8, 4) is 0 Å². The van der Waals surface area contributed by atoms with E-state index in [1.54, 1.807) is 11.8 Å². The minimum atomic E-state index is -1.10. The summed E-state index contributed by atoms with van der Waals surface area (Å²) in [7, 11) is 0. The molecule has 0 aromatic rings. The van der Waals surface area contributed by atoms with E-state index < -0.39 is 11.9 Å². The second kappa shape index (κ2) is 6.37. The number of carboxylic acid groups (broad SMARTS) is 1. The molecule has 6 heteroatoms. The van der Waals surface area contributed by atoms with Crippen LogP contribution in [0.2, 0.25) is 0 Å². The summed E-state index contributed by atoms with van der Waals surface area (Å²) in [4.78, 5) is 35.3. The third-order valence-electron chi connectivity index (χ3n) is 3.23. The number of hydrogen-bond acceptors (Lipinski definition) is 3. The first-order valence-corrected chi connectivity index (χ1v) is 6.26. The summed E-state index contributed by atoms with van der Waals surface area (Å²) in [5.41, 5.74) is 0. The monoisotopic (exact) mass is 256 g/mol. The molecule has 0 radical (unpaired) electrons. The molecule has 102 valence electrons. The van der Waals surface area contributed by atoms with E-state index in [4.69, 9.17) is 5.11 Å². The number of hydrogen-bond donors (Lipinski definition) is 2. The average Bonchev–Trinajstić information content (AvgIpc) is 2.37. The molecular weight excluding hydrogens is 236 g/mol. The zero-order valence-electron chi connectivity index (χ0n) is 10.8. The molecule has 2 amide bonds. The number of carbonyl (C=O) groups excluding carboxylic acids is 2. The number of aliphatic carboxylic acids is 1. The summed E-state index contributed by atoms with van der Waals surface area (Å²) in [5, 5.41) is 11.7. The molecule has 1 atom stereocenters. The van der Waals surface area contributed by atoms with Gasteiger partial charge in [-0.15, -0.1) is 0 Å². The molecule has 0 aliphatic carbocycles. The molecule has 1 saturated heterocycles. The van der Waals surface area contributed by atoms with E-state index in [1.807, 2.05) is 0 Å². The highest BCUT2D eigenvalue weighted by atomic mass is 16.4. The molecule has 2 N–H and O–H groups in total. The fourth-order valence-corrected chi connectivity index (χ4v) is 1.95. The molecule has 0 aromatic carbocycles. The zero-order chi connectivity index (χ0) is 13.7. The lowest BCUT2D eigenvalue weighted by atomic mass is 10.0. The van der Waals surface area contributed by atoms with E-state index in [9.17, 15) is 14.4 Å². The minimum Gasteiger partial charge on any atom is -0.481 e. The number of amides is 2. The van der Waals surface area contributed by atoms with Crippen LogP contribution in [0.15, 0.2) is 0 Å². The Morgan fingerprint density at radius 1 is 1.33 bits per heavy atom. The van der Waals surface area contributed by atoms with Gasteiger partial charge in [0.25, 0.3) is 0 Å². The van der Waals surface area contributed by atoms with Gasteiger partial charge in [0.2, 0.25) is 11.8 Å². The van der Waals surface area contributed by atoms with Crippen LogP contribution in [0.5, 0.6) is 0 Å². The summed E-state index contributed by atoms with van der Waals surface area (Å²) < 4.78 is 0. The maximum atomic E-state index is 11.8. The largest absolute Gasteiger partial charge is 0.481 e. The molecule has 18 heavy (non-hydrogen) atoms. The Morgan fingerprint density at radius 3 is 2.33 bits per heavy atom. The smallest absolute Gasteiger partial charge is 0.315 e. The zero-order valence-corrected chi connectivity index (χ0v) is 10.8. The fraction of sp³-hybridized carbons (Fsp3) is 0.750. The summed E-state index contributed by atoms with van der Waals surface area (Å²) >= 11 is 0. The van der Waals surface area contributed by atoms with Crippen LogP contribution in [0.1, 0.15) is 33.1 Å². The van der Waals surface area contributed by atoms with Gasteiger partial charge in [-0.1, -0.05) is 6.92 Å². The van der Waals surface area contributed by atoms with Crippen molar-refractivity contribution in [2.45, 2.75) is 39.2 Å². The lowest BCUT2D eigenvalue weighted by molar-refractivity contribution is -0.150. The Morgan fingerprint density at radius 2 is 1.89 bits per heavy atom. The highest BCUT2D eigenvalue weighted by Gasteiger charge is 2.29. The van der Waals surface area contributed by atoms with Gasteiger partial charge in [0, 0.05) is 25.6 Å². The normalized spacial score (nSPS) is 18.2. The highest BCUT2D eigenvalue weighted by molar-refractivity contribution is 5.96. The number of carboxylic acids is 1. The maximum Gasteiger partial charge on any atom is 0.315 e. The van der Waals surface area contributed by atoms with Crippen molar-refractivity contribution >= 4 is 17.8 Å². The predicted octanol–water partition coefficient (Wildman–Crippen LogP) is 0.224. The number of likely N-dealkylation sites (tertiary alicyclic amines) is 1. The van der Waals surface area contributed by atoms with Gasteiger partial charge >= 0.3 is 5.97 Å². The third kappa shape index (κ3) is 3.72. The van der Waals surface area contributed by atoms with Crippen molar-refractivity contribution < 1.29 is 19.5 Å². The summed E-state index contributed by atoms with van der Waals surface area (Å²) in [6, 6.07) is 0.0987. The van der Waals surface area contributed by atoms with E-state index in [1.165, 1.54) is 6.92 Å². The van der Waals surface area contributed by atoms with E-state index in [-0.39, 0.29) is 17.9 Å². The van der Waals surface area contributed by atoms with Crippen molar-refractivity contribution in [3.63, 3.8) is 0 Å². The second-order valence-corrected chi connectivity index (χ2v) is 4.58. The Hall–Kier alpha value is -1.59. The molecule has 1 heterocycles. The van der Waals surface area contributed by atoms with Crippen LogP contribution < -0.4 is 5.32 Å². The molecular formula is C12H20N2O4. The van der Waals surface area contributed by atoms with Gasteiger partial charge in [0.05, 0.1) is 0 Å². The van der Waals surface area contributed by atoms with Gasteiger partial charge in [-0.2, -0.15) is 0 Å². The van der Waals surface area contributed by atoms with E-state index in [0.29, 0.717) is 32.4 Å². The van der Waals surface area contributed by atoms with Crippen molar-refractivity contribution in [1.82, 2.24) is 10.2 Å². The number of rotatable bonds is 4. The molecule has 6 nitrogen and oxygen atoms in total. The summed E-state index contributed by atoms with van der Waals surface area (Å²) in [6.07, 6.45) is 1.82. The van der Waals surface area contributed by atoms with E-state index in [2.05, 4.69) is 5.32 Å².